The van der Waals surface area contributed by atoms with Gasteiger partial charge in [0.1, 0.15) is 5.69 Å². The molecule has 19 heavy (non-hydrogen) atoms. The van der Waals surface area contributed by atoms with Crippen molar-refractivity contribution >= 4 is 5.78 Å². The minimum absolute atomic E-state index is 0.0176. The number of ketones is 1. The second-order valence-electron chi connectivity index (χ2n) is 4.85. The van der Waals surface area contributed by atoms with Gasteiger partial charge < -0.3 is 9.88 Å². The second-order valence-corrected chi connectivity index (χ2v) is 4.85. The first-order valence-electron chi connectivity index (χ1n) is 6.54. The van der Waals surface area contributed by atoms with Crippen molar-refractivity contribution in [3.8, 4) is 0 Å². The molecule has 1 aliphatic rings. The summed E-state index contributed by atoms with van der Waals surface area (Å²) in [5.74, 6) is -0.0176. The molecule has 2 aromatic rings. The van der Waals surface area contributed by atoms with Crippen LogP contribution in [0.15, 0.2) is 24.5 Å². The number of carbonyl (C=O) groups excluding carboxylic acids is 1. The van der Waals surface area contributed by atoms with Crippen LogP contribution in [0.5, 0.6) is 0 Å². The maximum absolute atomic E-state index is 12.5. The highest BCUT2D eigenvalue weighted by molar-refractivity contribution is 6.06. The number of aromatic nitrogens is 4. The Morgan fingerprint density at radius 1 is 1.37 bits per heavy atom. The Bertz CT molecular complexity index is 579. The average molecular weight is 259 g/mol. The normalized spacial score (nSPS) is 16.7. The van der Waals surface area contributed by atoms with Crippen LogP contribution in [0.2, 0.25) is 0 Å². The summed E-state index contributed by atoms with van der Waals surface area (Å²) in [6.45, 7) is 2.01. The fraction of sp³-hybridized carbons (Fsp3) is 0.462. The Morgan fingerprint density at radius 2 is 2.16 bits per heavy atom. The molecular weight excluding hydrogens is 242 g/mol. The van der Waals surface area contributed by atoms with E-state index in [1.54, 1.807) is 7.05 Å². The number of hydrogen-bond acceptors (Lipinski definition) is 4. The Balaban J connectivity index is 1.91. The van der Waals surface area contributed by atoms with Crippen LogP contribution in [0.4, 0.5) is 0 Å². The molecule has 6 heteroatoms. The zero-order chi connectivity index (χ0) is 13.2. The molecule has 3 heterocycles. The highest BCUT2D eigenvalue weighted by atomic mass is 16.1. The van der Waals surface area contributed by atoms with Crippen molar-refractivity contribution in [1.29, 1.82) is 0 Å². The van der Waals surface area contributed by atoms with E-state index in [4.69, 9.17) is 0 Å². The van der Waals surface area contributed by atoms with E-state index >= 15 is 0 Å². The lowest BCUT2D eigenvalue weighted by atomic mass is 10.1. The van der Waals surface area contributed by atoms with Crippen LogP contribution in [0.25, 0.3) is 0 Å². The van der Waals surface area contributed by atoms with Crippen molar-refractivity contribution in [1.82, 2.24) is 24.9 Å². The van der Waals surface area contributed by atoms with Gasteiger partial charge in [-0.25, -0.2) is 4.68 Å². The molecule has 1 fully saturated rings. The molecule has 0 radical (unpaired) electrons. The number of nitrogens with one attached hydrogen (secondary N) is 1. The molecule has 0 atom stereocenters. The van der Waals surface area contributed by atoms with Crippen molar-refractivity contribution in [2.45, 2.75) is 18.9 Å². The lowest BCUT2D eigenvalue weighted by Gasteiger charge is -2.25. The SMILES string of the molecule is Cn1nncc1C(=O)c1cccn1C1CCNCC1. The molecule has 6 nitrogen and oxygen atoms in total. The summed E-state index contributed by atoms with van der Waals surface area (Å²) in [5.41, 5.74) is 1.24. The van der Waals surface area contributed by atoms with Crippen LogP contribution in [0.1, 0.15) is 35.1 Å². The number of carbonyl (C=O) groups is 1. The van der Waals surface area contributed by atoms with Crippen molar-refractivity contribution in [3.63, 3.8) is 0 Å². The predicted molar refractivity (Wildman–Crippen MR) is 70.0 cm³/mol. The summed E-state index contributed by atoms with van der Waals surface area (Å²) >= 11 is 0. The van der Waals surface area contributed by atoms with Crippen LogP contribution in [0, 0.1) is 0 Å². The van der Waals surface area contributed by atoms with Gasteiger partial charge in [-0.15, -0.1) is 5.10 Å². The fourth-order valence-corrected chi connectivity index (χ4v) is 2.62. The molecule has 3 rings (SSSR count). The van der Waals surface area contributed by atoms with Gasteiger partial charge in [0, 0.05) is 19.3 Å². The topological polar surface area (TPSA) is 64.7 Å². The summed E-state index contributed by atoms with van der Waals surface area (Å²) in [5, 5.41) is 10.9. The zero-order valence-electron chi connectivity index (χ0n) is 10.9. The van der Waals surface area contributed by atoms with Crippen LogP contribution < -0.4 is 5.32 Å². The first-order valence-corrected chi connectivity index (χ1v) is 6.54. The van der Waals surface area contributed by atoms with E-state index in [1.807, 2.05) is 18.3 Å². The van der Waals surface area contributed by atoms with Crippen LogP contribution >= 0.6 is 0 Å². The summed E-state index contributed by atoms with van der Waals surface area (Å²) in [7, 11) is 1.73. The number of hydrogen-bond donors (Lipinski definition) is 1. The van der Waals surface area contributed by atoms with E-state index in [-0.39, 0.29) is 5.78 Å². The molecule has 0 unspecified atom stereocenters. The van der Waals surface area contributed by atoms with Crippen molar-refractivity contribution in [3.05, 3.63) is 35.9 Å². The molecule has 0 spiro atoms. The van der Waals surface area contributed by atoms with Gasteiger partial charge in [-0.3, -0.25) is 4.79 Å². The Labute approximate surface area is 111 Å². The minimum Gasteiger partial charge on any atom is -0.342 e. The van der Waals surface area contributed by atoms with Gasteiger partial charge in [-0.05, 0) is 38.1 Å². The van der Waals surface area contributed by atoms with Gasteiger partial charge in [0.15, 0.2) is 0 Å². The van der Waals surface area contributed by atoms with Crippen molar-refractivity contribution in [2.24, 2.45) is 7.05 Å². The van der Waals surface area contributed by atoms with Gasteiger partial charge in [0.25, 0.3) is 0 Å². The van der Waals surface area contributed by atoms with Gasteiger partial charge >= 0.3 is 0 Å². The maximum Gasteiger partial charge on any atom is 0.229 e. The summed E-state index contributed by atoms with van der Waals surface area (Å²) in [4.78, 5) is 12.5. The van der Waals surface area contributed by atoms with E-state index in [0.29, 0.717) is 11.7 Å². The highest BCUT2D eigenvalue weighted by Gasteiger charge is 2.22. The minimum atomic E-state index is -0.0176. The van der Waals surface area contributed by atoms with E-state index in [1.165, 1.54) is 10.9 Å². The Hall–Kier alpha value is -1.95. The third-order valence-electron chi connectivity index (χ3n) is 3.66. The van der Waals surface area contributed by atoms with Gasteiger partial charge in [0.05, 0.1) is 11.9 Å². The third kappa shape index (κ3) is 2.19. The first-order chi connectivity index (χ1) is 9.27. The van der Waals surface area contributed by atoms with Crippen molar-refractivity contribution < 1.29 is 4.79 Å². The maximum atomic E-state index is 12.5. The molecule has 1 N–H and O–H groups in total. The molecule has 1 aliphatic heterocycles. The molecular formula is C13H17N5O. The second kappa shape index (κ2) is 4.97. The molecule has 0 aliphatic carbocycles. The molecule has 0 saturated carbocycles. The summed E-state index contributed by atoms with van der Waals surface area (Å²) in [6.07, 6.45) is 5.62. The van der Waals surface area contributed by atoms with Gasteiger partial charge in [-0.2, -0.15) is 0 Å². The lowest BCUT2D eigenvalue weighted by Crippen LogP contribution is -2.30. The van der Waals surface area contributed by atoms with E-state index < -0.39 is 0 Å². The lowest BCUT2D eigenvalue weighted by molar-refractivity contribution is 0.101. The molecule has 2 aromatic heterocycles. The highest BCUT2D eigenvalue weighted by Crippen LogP contribution is 2.22. The van der Waals surface area contributed by atoms with E-state index in [0.717, 1.165) is 31.6 Å². The van der Waals surface area contributed by atoms with Gasteiger partial charge in [-0.1, -0.05) is 5.21 Å². The molecule has 1 saturated heterocycles. The first kappa shape index (κ1) is 12.1. The molecule has 0 bridgehead atoms. The summed E-state index contributed by atoms with van der Waals surface area (Å²) < 4.78 is 3.61. The van der Waals surface area contributed by atoms with E-state index in [2.05, 4.69) is 20.2 Å². The van der Waals surface area contributed by atoms with Crippen LogP contribution in [-0.2, 0) is 7.05 Å². The smallest absolute Gasteiger partial charge is 0.229 e. The average Bonchev–Trinajstić information content (AvgIpc) is 3.07. The molecule has 0 aromatic carbocycles. The monoisotopic (exact) mass is 259 g/mol. The summed E-state index contributed by atoms with van der Waals surface area (Å²) in [6, 6.07) is 4.20. The Kier molecular flexibility index (Phi) is 3.16. The predicted octanol–water partition coefficient (Wildman–Crippen LogP) is 0.772. The Morgan fingerprint density at radius 3 is 2.84 bits per heavy atom. The standard InChI is InChI=1S/C13H17N5O/c1-17-12(9-15-16-17)13(19)11-3-2-8-18(11)10-4-6-14-7-5-10/h2-3,8-10,14H,4-7H2,1H3. The third-order valence-corrected chi connectivity index (χ3v) is 3.66. The van der Waals surface area contributed by atoms with Crippen LogP contribution in [-0.4, -0.2) is 38.4 Å². The van der Waals surface area contributed by atoms with Gasteiger partial charge in [0.2, 0.25) is 5.78 Å². The number of rotatable bonds is 3. The van der Waals surface area contributed by atoms with Crippen LogP contribution in [0.3, 0.4) is 0 Å². The van der Waals surface area contributed by atoms with Crippen molar-refractivity contribution in [2.75, 3.05) is 13.1 Å². The number of nitrogens with zero attached hydrogens (tertiary/aromatic N) is 4. The van der Waals surface area contributed by atoms with E-state index in [9.17, 15) is 4.79 Å². The zero-order valence-corrected chi connectivity index (χ0v) is 10.9. The largest absolute Gasteiger partial charge is 0.342 e. The molecule has 0 amide bonds. The quantitative estimate of drug-likeness (QED) is 0.827. The fourth-order valence-electron chi connectivity index (χ4n) is 2.62. The number of piperidine rings is 1. The number of aryl methyl sites for hydroxylation is 1. The molecule has 100 valence electrons.